The van der Waals surface area contributed by atoms with Crippen LogP contribution < -0.4 is 0 Å². The lowest BCUT2D eigenvalue weighted by Gasteiger charge is -2.29. The number of carboxylic acid groups (broad SMARTS) is 1. The first-order valence-electron chi connectivity index (χ1n) is 13.5. The molecule has 1 rings (SSSR count). The zero-order valence-electron chi connectivity index (χ0n) is 20.5. The van der Waals surface area contributed by atoms with Gasteiger partial charge >= 0.3 is 11.9 Å². The van der Waals surface area contributed by atoms with Gasteiger partial charge in [0.2, 0.25) is 0 Å². The molecule has 0 spiro atoms. The van der Waals surface area contributed by atoms with Gasteiger partial charge < -0.3 is 9.84 Å². The van der Waals surface area contributed by atoms with Crippen molar-refractivity contribution >= 4 is 11.9 Å². The fourth-order valence-electron chi connectivity index (χ4n) is 4.88. The number of unbranched alkanes of at least 4 members (excludes halogenated alkanes) is 12. The topological polar surface area (TPSA) is 63.6 Å². The van der Waals surface area contributed by atoms with Gasteiger partial charge in [0.05, 0.1) is 11.8 Å². The van der Waals surface area contributed by atoms with Crippen molar-refractivity contribution in [2.45, 2.75) is 148 Å². The molecule has 0 heterocycles. The van der Waals surface area contributed by atoms with Crippen LogP contribution in [0.25, 0.3) is 0 Å². The second-order valence-corrected chi connectivity index (χ2v) is 9.71. The van der Waals surface area contributed by atoms with E-state index >= 15 is 0 Å². The van der Waals surface area contributed by atoms with Crippen LogP contribution >= 0.6 is 0 Å². The summed E-state index contributed by atoms with van der Waals surface area (Å²) in [4.78, 5) is 24.4. The van der Waals surface area contributed by atoms with Crippen LogP contribution in [-0.4, -0.2) is 23.1 Å². The molecule has 0 radical (unpaired) electrons. The van der Waals surface area contributed by atoms with Crippen LogP contribution in [0.4, 0.5) is 0 Å². The predicted molar refractivity (Wildman–Crippen MR) is 128 cm³/mol. The van der Waals surface area contributed by atoms with Crippen molar-refractivity contribution in [2.24, 2.45) is 11.8 Å². The lowest BCUT2D eigenvalue weighted by molar-refractivity contribution is -0.164. The van der Waals surface area contributed by atoms with E-state index in [-0.39, 0.29) is 12.1 Å². The fourth-order valence-corrected chi connectivity index (χ4v) is 4.88. The van der Waals surface area contributed by atoms with Crippen LogP contribution in [0.3, 0.4) is 0 Å². The third-order valence-electron chi connectivity index (χ3n) is 6.93. The molecule has 1 N–H and O–H groups in total. The summed E-state index contributed by atoms with van der Waals surface area (Å²) in [7, 11) is 0. The smallest absolute Gasteiger partial charge is 0.310 e. The highest BCUT2D eigenvalue weighted by Crippen LogP contribution is 2.32. The number of esters is 1. The third kappa shape index (κ3) is 13.2. The molecular weight excluding hydrogens is 388 g/mol. The van der Waals surface area contributed by atoms with E-state index in [1.807, 2.05) is 0 Å². The Kier molecular flexibility index (Phi) is 16.7. The summed E-state index contributed by atoms with van der Waals surface area (Å²) in [6.07, 6.45) is 22.6. The Morgan fingerprint density at radius 1 is 0.710 bits per heavy atom. The minimum absolute atomic E-state index is 0.0324. The molecule has 0 aromatic heterocycles. The van der Waals surface area contributed by atoms with Crippen LogP contribution in [0, 0.1) is 11.8 Å². The van der Waals surface area contributed by atoms with Crippen LogP contribution in [0.15, 0.2) is 0 Å². The Bertz CT molecular complexity index is 462. The molecular formula is C27H50O4. The minimum Gasteiger partial charge on any atom is -0.481 e. The molecule has 31 heavy (non-hydrogen) atoms. The van der Waals surface area contributed by atoms with Crippen molar-refractivity contribution in [1.29, 1.82) is 0 Å². The zero-order chi connectivity index (χ0) is 22.7. The standard InChI is InChI=1S/C27H50O4/c1-3-5-7-9-10-11-12-14-16-20-23(19-15-13-8-6-4-2)31-27(30)25-22-18-17-21-24(25)26(28)29/h23-25H,3-22H2,1-2H3,(H,28,29). The normalized spacial score (nSPS) is 19.8. The summed E-state index contributed by atoms with van der Waals surface area (Å²) < 4.78 is 5.95. The molecule has 0 bridgehead atoms. The molecule has 0 aliphatic heterocycles. The largest absolute Gasteiger partial charge is 0.481 e. The lowest BCUT2D eigenvalue weighted by Crippen LogP contribution is -2.35. The highest BCUT2D eigenvalue weighted by atomic mass is 16.5. The average molecular weight is 439 g/mol. The maximum absolute atomic E-state index is 12.8. The van der Waals surface area contributed by atoms with Crippen LogP contribution in [0.1, 0.15) is 142 Å². The molecule has 1 aliphatic rings. The van der Waals surface area contributed by atoms with Crippen molar-refractivity contribution in [3.05, 3.63) is 0 Å². The Hall–Kier alpha value is -1.06. The second-order valence-electron chi connectivity index (χ2n) is 9.71. The van der Waals surface area contributed by atoms with E-state index in [9.17, 15) is 14.7 Å². The van der Waals surface area contributed by atoms with Gasteiger partial charge in [-0.15, -0.1) is 0 Å². The van der Waals surface area contributed by atoms with Crippen molar-refractivity contribution in [3.8, 4) is 0 Å². The maximum Gasteiger partial charge on any atom is 0.310 e. The highest BCUT2D eigenvalue weighted by Gasteiger charge is 2.37. The van der Waals surface area contributed by atoms with Gasteiger partial charge in [-0.25, -0.2) is 0 Å². The first-order valence-corrected chi connectivity index (χ1v) is 13.5. The average Bonchev–Trinajstić information content (AvgIpc) is 2.77. The second kappa shape index (κ2) is 18.5. The van der Waals surface area contributed by atoms with Crippen LogP contribution in [-0.2, 0) is 14.3 Å². The van der Waals surface area contributed by atoms with E-state index in [0.717, 1.165) is 38.5 Å². The fraction of sp³-hybridized carbons (Fsp3) is 0.926. The molecule has 182 valence electrons. The van der Waals surface area contributed by atoms with E-state index < -0.39 is 17.8 Å². The van der Waals surface area contributed by atoms with Gasteiger partial charge in [0.15, 0.2) is 0 Å². The Labute approximate surface area is 191 Å². The Morgan fingerprint density at radius 3 is 1.58 bits per heavy atom. The van der Waals surface area contributed by atoms with E-state index in [1.54, 1.807) is 0 Å². The first-order chi connectivity index (χ1) is 15.1. The number of aliphatic carboxylic acids is 1. The predicted octanol–water partition coefficient (Wildman–Crippen LogP) is 8.07. The number of carbonyl (C=O) groups is 2. The van der Waals surface area contributed by atoms with Gasteiger partial charge in [-0.3, -0.25) is 9.59 Å². The highest BCUT2D eigenvalue weighted by molar-refractivity contribution is 5.81. The molecule has 1 aliphatic carbocycles. The van der Waals surface area contributed by atoms with E-state index in [1.165, 1.54) is 77.0 Å². The van der Waals surface area contributed by atoms with Crippen molar-refractivity contribution in [1.82, 2.24) is 0 Å². The lowest BCUT2D eigenvalue weighted by atomic mass is 9.79. The Morgan fingerprint density at radius 2 is 1.13 bits per heavy atom. The molecule has 0 saturated heterocycles. The monoisotopic (exact) mass is 438 g/mol. The molecule has 1 fully saturated rings. The first kappa shape index (κ1) is 28.0. The van der Waals surface area contributed by atoms with Gasteiger partial charge in [0.1, 0.15) is 6.10 Å². The molecule has 0 aromatic rings. The summed E-state index contributed by atoms with van der Waals surface area (Å²) in [6.45, 7) is 4.47. The van der Waals surface area contributed by atoms with E-state index in [2.05, 4.69) is 13.8 Å². The molecule has 1 saturated carbocycles. The van der Waals surface area contributed by atoms with Crippen molar-refractivity contribution in [2.75, 3.05) is 0 Å². The van der Waals surface area contributed by atoms with Gasteiger partial charge in [0.25, 0.3) is 0 Å². The molecule has 4 nitrogen and oxygen atoms in total. The summed E-state index contributed by atoms with van der Waals surface area (Å²) in [5.41, 5.74) is 0. The number of carbonyl (C=O) groups excluding carboxylic acids is 1. The molecule has 0 amide bonds. The number of ether oxygens (including phenoxy) is 1. The summed E-state index contributed by atoms with van der Waals surface area (Å²) in [5, 5.41) is 9.50. The van der Waals surface area contributed by atoms with Crippen molar-refractivity contribution < 1.29 is 19.4 Å². The number of carboxylic acids is 1. The van der Waals surface area contributed by atoms with Gasteiger partial charge in [-0.1, -0.05) is 104 Å². The maximum atomic E-state index is 12.8. The molecule has 0 aromatic carbocycles. The van der Waals surface area contributed by atoms with E-state index in [4.69, 9.17) is 4.74 Å². The molecule has 3 unspecified atom stereocenters. The van der Waals surface area contributed by atoms with E-state index in [0.29, 0.717) is 12.8 Å². The Balaban J connectivity index is 2.39. The third-order valence-corrected chi connectivity index (χ3v) is 6.93. The SMILES string of the molecule is CCCCCCCCCCCC(CCCCCCC)OC(=O)C1CCCCC1C(=O)O. The van der Waals surface area contributed by atoms with Crippen LogP contribution in [0.2, 0.25) is 0 Å². The van der Waals surface area contributed by atoms with Gasteiger partial charge in [0, 0.05) is 0 Å². The van der Waals surface area contributed by atoms with Crippen LogP contribution in [0.5, 0.6) is 0 Å². The number of hydrogen-bond acceptors (Lipinski definition) is 3. The zero-order valence-corrected chi connectivity index (χ0v) is 20.5. The quantitative estimate of drug-likeness (QED) is 0.163. The van der Waals surface area contributed by atoms with Crippen molar-refractivity contribution in [3.63, 3.8) is 0 Å². The summed E-state index contributed by atoms with van der Waals surface area (Å²) in [5.74, 6) is -2.09. The summed E-state index contributed by atoms with van der Waals surface area (Å²) in [6, 6.07) is 0. The minimum atomic E-state index is -0.836. The summed E-state index contributed by atoms with van der Waals surface area (Å²) >= 11 is 0. The number of rotatable bonds is 19. The molecule has 4 heteroatoms. The number of hydrogen-bond donors (Lipinski definition) is 1. The van der Waals surface area contributed by atoms with Gasteiger partial charge in [-0.2, -0.15) is 0 Å². The van der Waals surface area contributed by atoms with Gasteiger partial charge in [-0.05, 0) is 38.5 Å². The molecule has 3 atom stereocenters.